The fourth-order valence-corrected chi connectivity index (χ4v) is 6.74. The molecule has 3 fully saturated rings. The number of hydrogen-bond acceptors (Lipinski definition) is 3. The van der Waals surface area contributed by atoms with Crippen molar-refractivity contribution in [2.24, 2.45) is 23.2 Å². The predicted molar refractivity (Wildman–Crippen MR) is 133 cm³/mol. The highest BCUT2D eigenvalue weighted by molar-refractivity contribution is 5.75. The second-order valence-electron chi connectivity index (χ2n) is 12.0. The van der Waals surface area contributed by atoms with Gasteiger partial charge in [0.25, 0.3) is 0 Å². The zero-order chi connectivity index (χ0) is 26.0. The molecular formula is C29H43F3O3. The lowest BCUT2D eigenvalue weighted by molar-refractivity contribution is -0.205. The molecule has 2 unspecified atom stereocenters. The number of ether oxygens (including phenoxy) is 1. The van der Waals surface area contributed by atoms with Crippen molar-refractivity contribution < 1.29 is 27.8 Å². The number of carbonyl (C=O) groups excluding carboxylic acids is 1. The van der Waals surface area contributed by atoms with Gasteiger partial charge in [0.1, 0.15) is 6.10 Å². The van der Waals surface area contributed by atoms with Gasteiger partial charge in [-0.25, -0.2) is 4.79 Å². The number of hydrogen-bond donors (Lipinski definition) is 1. The topological polar surface area (TPSA) is 46.5 Å². The van der Waals surface area contributed by atoms with Crippen LogP contribution in [0.15, 0.2) is 34.9 Å². The summed E-state index contributed by atoms with van der Waals surface area (Å²) in [5.74, 6) is -0.736. The molecule has 0 aromatic heterocycles. The number of aliphatic hydroxyl groups is 1. The quantitative estimate of drug-likeness (QED) is 0.301. The van der Waals surface area contributed by atoms with Crippen LogP contribution in [-0.2, 0) is 9.53 Å². The molecule has 0 heterocycles. The van der Waals surface area contributed by atoms with Crippen LogP contribution in [0.1, 0.15) is 98.8 Å². The molecule has 198 valence electrons. The third-order valence-electron chi connectivity index (χ3n) is 8.77. The van der Waals surface area contributed by atoms with E-state index in [0.717, 1.165) is 44.1 Å². The van der Waals surface area contributed by atoms with E-state index in [1.165, 1.54) is 24.0 Å². The Morgan fingerprint density at radius 3 is 2.49 bits per heavy atom. The van der Waals surface area contributed by atoms with Crippen molar-refractivity contribution in [1.82, 2.24) is 0 Å². The van der Waals surface area contributed by atoms with Gasteiger partial charge in [-0.2, -0.15) is 13.2 Å². The summed E-state index contributed by atoms with van der Waals surface area (Å²) < 4.78 is 42.6. The molecule has 0 aromatic rings. The van der Waals surface area contributed by atoms with Gasteiger partial charge >= 0.3 is 12.1 Å². The normalized spacial score (nSPS) is 34.8. The molecule has 0 aromatic carbocycles. The molecule has 0 saturated heterocycles. The fourth-order valence-electron chi connectivity index (χ4n) is 6.74. The number of esters is 1. The largest absolute Gasteiger partial charge is 0.490 e. The second-order valence-corrected chi connectivity index (χ2v) is 12.0. The molecule has 3 aliphatic carbocycles. The van der Waals surface area contributed by atoms with E-state index in [9.17, 15) is 23.1 Å². The molecule has 3 saturated carbocycles. The minimum absolute atomic E-state index is 0.223. The number of fused-ring (bicyclic) bond motifs is 1. The number of alkyl halides is 3. The Balaban J connectivity index is 1.71. The van der Waals surface area contributed by atoms with Gasteiger partial charge in [0.2, 0.25) is 0 Å². The lowest BCUT2D eigenvalue weighted by Crippen LogP contribution is -2.33. The van der Waals surface area contributed by atoms with Crippen molar-refractivity contribution in [3.8, 4) is 0 Å². The van der Waals surface area contributed by atoms with Gasteiger partial charge < -0.3 is 9.84 Å². The van der Waals surface area contributed by atoms with Gasteiger partial charge in [0, 0.05) is 6.42 Å². The average molecular weight is 497 g/mol. The first-order valence-corrected chi connectivity index (χ1v) is 13.3. The van der Waals surface area contributed by atoms with E-state index in [-0.39, 0.29) is 11.3 Å². The SMILES string of the molecule is C/C(=C/CCC(C)(C)O)[C@H]1CCC2/C(=C/C=C3/C[C@@H](OC(=O)C(F)(F)F)CCC3C)CCC[C@@]21C. The van der Waals surface area contributed by atoms with E-state index in [4.69, 9.17) is 4.74 Å². The Kier molecular flexibility index (Phi) is 8.66. The highest BCUT2D eigenvalue weighted by Gasteiger charge is 2.49. The lowest BCUT2D eigenvalue weighted by atomic mass is 9.62. The average Bonchev–Trinajstić information content (AvgIpc) is 3.10. The van der Waals surface area contributed by atoms with Crippen LogP contribution < -0.4 is 0 Å². The smallest absolute Gasteiger partial charge is 0.455 e. The number of halogens is 3. The van der Waals surface area contributed by atoms with Crippen molar-refractivity contribution >= 4 is 5.97 Å². The molecule has 3 rings (SSSR count). The standard InChI is InChI=1S/C29H43F3O3/c1-19-10-13-23(35-26(33)29(30,31)32)18-22(19)12-11-21-9-7-17-28(5)24(14-15-25(21)28)20(2)8-6-16-27(3,4)34/h8,11-12,19,23-25,34H,6-7,9-10,13-18H2,1-5H3/b20-8-,21-11+,22-12-/t19?,23-,24+,25?,28+/m0/s1. The first kappa shape index (κ1) is 28.0. The molecule has 0 spiro atoms. The Morgan fingerprint density at radius 1 is 1.14 bits per heavy atom. The summed E-state index contributed by atoms with van der Waals surface area (Å²) >= 11 is 0. The zero-order valence-electron chi connectivity index (χ0n) is 22.0. The van der Waals surface area contributed by atoms with Crippen molar-refractivity contribution in [2.75, 3.05) is 0 Å². The Labute approximate surface area is 208 Å². The Morgan fingerprint density at radius 2 is 1.83 bits per heavy atom. The molecular weight excluding hydrogens is 453 g/mol. The highest BCUT2D eigenvalue weighted by atomic mass is 19.4. The molecule has 3 nitrogen and oxygen atoms in total. The van der Waals surface area contributed by atoms with Gasteiger partial charge in [0.05, 0.1) is 5.60 Å². The number of allylic oxidation sites excluding steroid dienone is 5. The first-order chi connectivity index (χ1) is 16.2. The maximum atomic E-state index is 12.6. The molecule has 0 bridgehead atoms. The molecule has 0 aliphatic heterocycles. The Bertz CT molecular complexity index is 861. The van der Waals surface area contributed by atoms with Crippen LogP contribution >= 0.6 is 0 Å². The number of carbonyl (C=O) groups is 1. The van der Waals surface area contributed by atoms with Gasteiger partial charge in [0.15, 0.2) is 0 Å². The summed E-state index contributed by atoms with van der Waals surface area (Å²) in [6.07, 6.45) is 10.00. The molecule has 1 N–H and O–H groups in total. The van der Waals surface area contributed by atoms with E-state index < -0.39 is 23.9 Å². The third kappa shape index (κ3) is 7.02. The van der Waals surface area contributed by atoms with Crippen LogP contribution in [0.5, 0.6) is 0 Å². The maximum absolute atomic E-state index is 12.6. The Hall–Kier alpha value is -1.56. The maximum Gasteiger partial charge on any atom is 0.490 e. The summed E-state index contributed by atoms with van der Waals surface area (Å²) in [6.45, 7) is 10.5. The van der Waals surface area contributed by atoms with Gasteiger partial charge in [-0.05, 0) is 102 Å². The van der Waals surface area contributed by atoms with Crippen LogP contribution in [0.3, 0.4) is 0 Å². The van der Waals surface area contributed by atoms with E-state index in [1.807, 2.05) is 13.8 Å². The monoisotopic (exact) mass is 496 g/mol. The summed E-state index contributed by atoms with van der Waals surface area (Å²) in [6, 6.07) is 0. The molecule has 5 atom stereocenters. The molecule has 3 aliphatic rings. The van der Waals surface area contributed by atoms with Crippen LogP contribution in [0, 0.1) is 23.2 Å². The summed E-state index contributed by atoms with van der Waals surface area (Å²) in [5, 5.41) is 10.0. The fraction of sp³-hybridized carbons (Fsp3) is 0.759. The van der Waals surface area contributed by atoms with Gasteiger partial charge in [-0.1, -0.05) is 48.8 Å². The minimum atomic E-state index is -4.94. The molecule has 0 amide bonds. The summed E-state index contributed by atoms with van der Waals surface area (Å²) in [7, 11) is 0. The van der Waals surface area contributed by atoms with Crippen LogP contribution in [0.2, 0.25) is 0 Å². The van der Waals surface area contributed by atoms with Gasteiger partial charge in [-0.15, -0.1) is 0 Å². The van der Waals surface area contributed by atoms with Crippen LogP contribution in [0.4, 0.5) is 13.2 Å². The summed E-state index contributed by atoms with van der Waals surface area (Å²) in [4.78, 5) is 11.3. The first-order valence-electron chi connectivity index (χ1n) is 13.3. The summed E-state index contributed by atoms with van der Waals surface area (Å²) in [5.41, 5.74) is 3.55. The third-order valence-corrected chi connectivity index (χ3v) is 8.77. The van der Waals surface area contributed by atoms with Crippen molar-refractivity contribution in [3.63, 3.8) is 0 Å². The van der Waals surface area contributed by atoms with Crippen molar-refractivity contribution in [3.05, 3.63) is 34.9 Å². The van der Waals surface area contributed by atoms with Crippen LogP contribution in [0.25, 0.3) is 0 Å². The van der Waals surface area contributed by atoms with Crippen molar-refractivity contribution in [1.29, 1.82) is 0 Å². The molecule has 35 heavy (non-hydrogen) atoms. The lowest BCUT2D eigenvalue weighted by Gasteiger charge is -2.43. The second kappa shape index (κ2) is 10.8. The molecule has 6 heteroatoms. The number of rotatable bonds is 6. The van der Waals surface area contributed by atoms with E-state index in [1.54, 1.807) is 0 Å². The van der Waals surface area contributed by atoms with E-state index in [0.29, 0.717) is 24.7 Å². The van der Waals surface area contributed by atoms with Crippen molar-refractivity contribution in [2.45, 2.75) is 117 Å². The predicted octanol–water partition coefficient (Wildman–Crippen LogP) is 7.85. The van der Waals surface area contributed by atoms with E-state index in [2.05, 4.69) is 39.0 Å². The zero-order valence-corrected chi connectivity index (χ0v) is 22.0. The highest BCUT2D eigenvalue weighted by Crippen LogP contribution is 2.59. The minimum Gasteiger partial charge on any atom is -0.455 e. The van der Waals surface area contributed by atoms with Crippen LogP contribution in [-0.4, -0.2) is 29.0 Å². The van der Waals surface area contributed by atoms with Gasteiger partial charge in [-0.3, -0.25) is 0 Å². The van der Waals surface area contributed by atoms with E-state index >= 15 is 0 Å². The molecule has 0 radical (unpaired) electrons.